The van der Waals surface area contributed by atoms with E-state index in [0.29, 0.717) is 22.8 Å². The fourth-order valence-electron chi connectivity index (χ4n) is 1.42. The molecule has 5 nitrogen and oxygen atoms in total. The van der Waals surface area contributed by atoms with Crippen LogP contribution in [0.1, 0.15) is 16.1 Å². The van der Waals surface area contributed by atoms with Crippen molar-refractivity contribution in [3.05, 3.63) is 45.4 Å². The molecule has 0 radical (unpaired) electrons. The van der Waals surface area contributed by atoms with Crippen LogP contribution in [-0.4, -0.2) is 10.9 Å². The molecule has 18 heavy (non-hydrogen) atoms. The zero-order chi connectivity index (χ0) is 13.0. The highest BCUT2D eigenvalue weighted by atomic mass is 35.5. The maximum atomic E-state index is 12.0. The lowest BCUT2D eigenvalue weighted by Gasteiger charge is -2.09. The molecule has 4 N–H and O–H groups in total. The number of carbonyl (C=O) groups excluding carboxylic acids is 1. The monoisotopic (exact) mass is 282 g/mol. The highest BCUT2D eigenvalue weighted by Crippen LogP contribution is 2.19. The molecule has 1 amide bonds. The van der Waals surface area contributed by atoms with Gasteiger partial charge in [0.05, 0.1) is 29.0 Å². The summed E-state index contributed by atoms with van der Waals surface area (Å²) < 4.78 is 0. The minimum absolute atomic E-state index is 0.251. The normalized spacial score (nSPS) is 10.1. The van der Waals surface area contributed by atoms with Gasteiger partial charge in [-0.25, -0.2) is 4.98 Å². The molecule has 0 fully saturated rings. The molecule has 7 heteroatoms. The van der Waals surface area contributed by atoms with E-state index in [1.807, 2.05) is 5.38 Å². The Labute approximate surface area is 113 Å². The predicted molar refractivity (Wildman–Crippen MR) is 72.5 cm³/mol. The summed E-state index contributed by atoms with van der Waals surface area (Å²) >= 11 is 7.34. The third-order valence-electron chi connectivity index (χ3n) is 2.30. The summed E-state index contributed by atoms with van der Waals surface area (Å²) in [7, 11) is 0. The minimum atomic E-state index is -0.251. The lowest BCUT2D eigenvalue weighted by atomic mass is 10.1. The molecule has 1 aromatic heterocycles. The van der Waals surface area contributed by atoms with E-state index in [0.717, 1.165) is 5.69 Å². The number of anilines is 1. The standard InChI is InChI=1S/C11H11ClN4OS/c12-7-1-2-10(16-13)9(3-7)11(17)14-4-8-5-18-6-15-8/h1-3,5-6,16H,4,13H2,(H,14,17). The first-order chi connectivity index (χ1) is 8.70. The smallest absolute Gasteiger partial charge is 0.253 e. The Kier molecular flexibility index (Phi) is 4.14. The van der Waals surface area contributed by atoms with Crippen molar-refractivity contribution in [2.45, 2.75) is 6.54 Å². The number of carbonyl (C=O) groups is 1. The first-order valence-electron chi connectivity index (χ1n) is 5.12. The second-order valence-corrected chi connectivity index (χ2v) is 4.65. The van der Waals surface area contributed by atoms with Gasteiger partial charge in [0.15, 0.2) is 0 Å². The highest BCUT2D eigenvalue weighted by Gasteiger charge is 2.11. The third-order valence-corrected chi connectivity index (χ3v) is 3.17. The average molecular weight is 283 g/mol. The van der Waals surface area contributed by atoms with Crippen molar-refractivity contribution < 1.29 is 4.79 Å². The number of rotatable bonds is 4. The Bertz CT molecular complexity index is 544. The van der Waals surface area contributed by atoms with E-state index in [-0.39, 0.29) is 5.91 Å². The second kappa shape index (κ2) is 5.81. The third kappa shape index (κ3) is 2.98. The Hall–Kier alpha value is -1.63. The Morgan fingerprint density at radius 3 is 3.00 bits per heavy atom. The summed E-state index contributed by atoms with van der Waals surface area (Å²) in [6.07, 6.45) is 0. The number of aromatic nitrogens is 1. The van der Waals surface area contributed by atoms with E-state index < -0.39 is 0 Å². The molecular formula is C11H11ClN4OS. The predicted octanol–water partition coefficient (Wildman–Crippen LogP) is 2.01. The van der Waals surface area contributed by atoms with Crippen molar-refractivity contribution in [2.75, 3.05) is 5.43 Å². The van der Waals surface area contributed by atoms with Crippen LogP contribution < -0.4 is 16.6 Å². The molecule has 0 saturated heterocycles. The van der Waals surface area contributed by atoms with Gasteiger partial charge >= 0.3 is 0 Å². The molecule has 0 aliphatic rings. The maximum Gasteiger partial charge on any atom is 0.253 e. The van der Waals surface area contributed by atoms with E-state index in [1.54, 1.807) is 23.7 Å². The summed E-state index contributed by atoms with van der Waals surface area (Å²) in [5.41, 5.74) is 5.92. The van der Waals surface area contributed by atoms with E-state index in [1.165, 1.54) is 11.3 Å². The van der Waals surface area contributed by atoms with Crippen LogP contribution in [0.3, 0.4) is 0 Å². The van der Waals surface area contributed by atoms with Gasteiger partial charge in [0.1, 0.15) is 0 Å². The second-order valence-electron chi connectivity index (χ2n) is 3.50. The van der Waals surface area contributed by atoms with E-state index >= 15 is 0 Å². The number of nitrogen functional groups attached to an aromatic ring is 1. The van der Waals surface area contributed by atoms with Crippen molar-refractivity contribution >= 4 is 34.5 Å². The zero-order valence-electron chi connectivity index (χ0n) is 9.31. The van der Waals surface area contributed by atoms with Crippen LogP contribution in [0.5, 0.6) is 0 Å². The topological polar surface area (TPSA) is 80.0 Å². The molecule has 0 saturated carbocycles. The SMILES string of the molecule is NNc1ccc(Cl)cc1C(=O)NCc1cscn1. The van der Waals surface area contributed by atoms with Gasteiger partial charge in [-0.15, -0.1) is 11.3 Å². The average Bonchev–Trinajstić information content (AvgIpc) is 2.89. The van der Waals surface area contributed by atoms with Crippen molar-refractivity contribution in [1.29, 1.82) is 0 Å². The quantitative estimate of drug-likeness (QED) is 0.592. The van der Waals surface area contributed by atoms with Crippen LogP contribution in [0.4, 0.5) is 5.69 Å². The fraction of sp³-hybridized carbons (Fsp3) is 0.0909. The van der Waals surface area contributed by atoms with Gasteiger partial charge in [-0.2, -0.15) is 0 Å². The van der Waals surface area contributed by atoms with Gasteiger partial charge in [0, 0.05) is 10.4 Å². The molecule has 1 heterocycles. The summed E-state index contributed by atoms with van der Waals surface area (Å²) in [4.78, 5) is 16.1. The highest BCUT2D eigenvalue weighted by molar-refractivity contribution is 7.07. The van der Waals surface area contributed by atoms with Gasteiger partial charge < -0.3 is 10.7 Å². The Morgan fingerprint density at radius 1 is 1.50 bits per heavy atom. The van der Waals surface area contributed by atoms with Gasteiger partial charge in [0.2, 0.25) is 0 Å². The lowest BCUT2D eigenvalue weighted by Crippen LogP contribution is -2.25. The minimum Gasteiger partial charge on any atom is -0.346 e. The van der Waals surface area contributed by atoms with Crippen molar-refractivity contribution in [3.63, 3.8) is 0 Å². The molecule has 1 aromatic carbocycles. The van der Waals surface area contributed by atoms with Gasteiger partial charge in [-0.1, -0.05) is 11.6 Å². The number of halogens is 1. The molecular weight excluding hydrogens is 272 g/mol. The molecule has 2 rings (SSSR count). The fourth-order valence-corrected chi connectivity index (χ4v) is 2.15. The Morgan fingerprint density at radius 2 is 2.33 bits per heavy atom. The van der Waals surface area contributed by atoms with E-state index in [2.05, 4.69) is 15.7 Å². The number of hydrogen-bond donors (Lipinski definition) is 3. The molecule has 0 aliphatic heterocycles. The molecule has 0 atom stereocenters. The van der Waals surface area contributed by atoms with E-state index in [9.17, 15) is 4.79 Å². The van der Waals surface area contributed by atoms with Crippen LogP contribution in [0, 0.1) is 0 Å². The van der Waals surface area contributed by atoms with Gasteiger partial charge in [-0.3, -0.25) is 10.6 Å². The van der Waals surface area contributed by atoms with Crippen molar-refractivity contribution in [3.8, 4) is 0 Å². The number of nitrogens with zero attached hydrogens (tertiary/aromatic N) is 1. The number of nitrogens with two attached hydrogens (primary N) is 1. The molecule has 94 valence electrons. The van der Waals surface area contributed by atoms with E-state index in [4.69, 9.17) is 17.4 Å². The first kappa shape index (κ1) is 12.8. The number of hydrogen-bond acceptors (Lipinski definition) is 5. The van der Waals surface area contributed by atoms with Crippen LogP contribution >= 0.6 is 22.9 Å². The molecule has 2 aromatic rings. The zero-order valence-corrected chi connectivity index (χ0v) is 10.9. The van der Waals surface area contributed by atoms with Crippen molar-refractivity contribution in [1.82, 2.24) is 10.3 Å². The van der Waals surface area contributed by atoms with Crippen LogP contribution in [0.2, 0.25) is 5.02 Å². The molecule has 0 spiro atoms. The number of hydrazine groups is 1. The summed E-state index contributed by atoms with van der Waals surface area (Å²) in [6.45, 7) is 0.374. The lowest BCUT2D eigenvalue weighted by molar-refractivity contribution is 0.0951. The molecule has 0 aliphatic carbocycles. The Balaban J connectivity index is 2.10. The van der Waals surface area contributed by atoms with Crippen LogP contribution in [0.25, 0.3) is 0 Å². The van der Waals surface area contributed by atoms with Crippen LogP contribution in [0.15, 0.2) is 29.1 Å². The number of thiazole rings is 1. The maximum absolute atomic E-state index is 12.0. The van der Waals surface area contributed by atoms with Crippen LogP contribution in [-0.2, 0) is 6.54 Å². The largest absolute Gasteiger partial charge is 0.346 e. The summed E-state index contributed by atoms with van der Waals surface area (Å²) in [6, 6.07) is 4.88. The van der Waals surface area contributed by atoms with Crippen molar-refractivity contribution in [2.24, 2.45) is 5.84 Å². The first-order valence-corrected chi connectivity index (χ1v) is 6.44. The molecule has 0 unspecified atom stereocenters. The number of benzene rings is 1. The van der Waals surface area contributed by atoms with Gasteiger partial charge in [0.25, 0.3) is 5.91 Å². The summed E-state index contributed by atoms with van der Waals surface area (Å²) in [5, 5.41) is 5.11. The summed E-state index contributed by atoms with van der Waals surface area (Å²) in [5.74, 6) is 5.09. The molecule has 0 bridgehead atoms. The number of amides is 1. The van der Waals surface area contributed by atoms with Gasteiger partial charge in [-0.05, 0) is 18.2 Å². The number of nitrogens with one attached hydrogen (secondary N) is 2.